The number of hydrogen-bond donors (Lipinski definition) is 1. The number of aryl methyl sites for hydroxylation is 1. The van der Waals surface area contributed by atoms with Gasteiger partial charge in [-0.15, -0.1) is 0 Å². The highest BCUT2D eigenvalue weighted by molar-refractivity contribution is 7.80. The van der Waals surface area contributed by atoms with Crippen LogP contribution in [0, 0.1) is 6.92 Å². The van der Waals surface area contributed by atoms with Crippen LogP contribution in [0.3, 0.4) is 0 Å². The zero-order valence-corrected chi connectivity index (χ0v) is 15.0. The van der Waals surface area contributed by atoms with E-state index in [-0.39, 0.29) is 0 Å². The predicted octanol–water partition coefficient (Wildman–Crippen LogP) is 4.00. The van der Waals surface area contributed by atoms with Crippen molar-refractivity contribution in [2.45, 2.75) is 25.3 Å². The molecule has 24 heavy (non-hydrogen) atoms. The number of nitrogens with zero attached hydrogens (tertiary/aromatic N) is 2. The first-order valence-electron chi connectivity index (χ1n) is 8.58. The Morgan fingerprint density at radius 3 is 2.75 bits per heavy atom. The number of benzene rings is 2. The van der Waals surface area contributed by atoms with Gasteiger partial charge >= 0.3 is 0 Å². The van der Waals surface area contributed by atoms with Crippen molar-refractivity contribution in [2.24, 2.45) is 0 Å². The summed E-state index contributed by atoms with van der Waals surface area (Å²) in [5.74, 6) is 0.536. The second-order valence-corrected chi connectivity index (χ2v) is 7.34. The van der Waals surface area contributed by atoms with Crippen molar-refractivity contribution in [3.8, 4) is 0 Å². The van der Waals surface area contributed by atoms with E-state index in [1.165, 1.54) is 16.8 Å². The van der Waals surface area contributed by atoms with E-state index in [0.717, 1.165) is 30.3 Å². The molecule has 0 aromatic heterocycles. The maximum absolute atomic E-state index is 5.80. The summed E-state index contributed by atoms with van der Waals surface area (Å²) in [5.41, 5.74) is 5.10. The summed E-state index contributed by atoms with van der Waals surface area (Å²) in [5, 5.41) is 4.24. The number of thiocarbonyl (C=S) groups is 1. The lowest BCUT2D eigenvalue weighted by molar-refractivity contribution is 0.237. The molecule has 2 aliphatic heterocycles. The molecule has 124 valence electrons. The third-order valence-corrected chi connectivity index (χ3v) is 5.50. The maximum atomic E-state index is 5.80. The first kappa shape index (κ1) is 15.6. The van der Waals surface area contributed by atoms with Crippen molar-refractivity contribution < 1.29 is 0 Å². The molecule has 2 aromatic rings. The van der Waals surface area contributed by atoms with Gasteiger partial charge in [0.15, 0.2) is 5.11 Å². The molecule has 1 saturated heterocycles. The minimum Gasteiger partial charge on any atom is -0.332 e. The molecule has 0 aliphatic carbocycles. The second kappa shape index (κ2) is 6.19. The molecule has 0 saturated carbocycles. The average molecular weight is 337 g/mol. The predicted molar refractivity (Wildman–Crippen MR) is 105 cm³/mol. The SMILES string of the molecule is Cc1ccc2c(c1)[C@@H]1CN(C)CC[C@H]1N2C(=S)Nc1ccccc1. The van der Waals surface area contributed by atoms with E-state index < -0.39 is 0 Å². The van der Waals surface area contributed by atoms with E-state index >= 15 is 0 Å². The molecule has 0 amide bonds. The molecule has 0 unspecified atom stereocenters. The molecule has 2 heterocycles. The molecule has 0 spiro atoms. The van der Waals surface area contributed by atoms with Crippen LogP contribution in [0.25, 0.3) is 0 Å². The number of hydrogen-bond acceptors (Lipinski definition) is 2. The lowest BCUT2D eigenvalue weighted by Gasteiger charge is -2.37. The highest BCUT2D eigenvalue weighted by Crippen LogP contribution is 2.45. The molecule has 3 nitrogen and oxygen atoms in total. The molecule has 4 heteroatoms. The zero-order chi connectivity index (χ0) is 16.7. The van der Waals surface area contributed by atoms with Gasteiger partial charge in [0.2, 0.25) is 0 Å². The minimum atomic E-state index is 0.460. The van der Waals surface area contributed by atoms with Crippen LogP contribution < -0.4 is 10.2 Å². The molecular formula is C20H23N3S. The van der Waals surface area contributed by atoms with E-state index in [4.69, 9.17) is 12.2 Å². The molecule has 0 bridgehead atoms. The Balaban J connectivity index is 1.68. The molecule has 1 N–H and O–H groups in total. The van der Waals surface area contributed by atoms with Crippen LogP contribution in [0.4, 0.5) is 11.4 Å². The normalized spacial score (nSPS) is 22.8. The quantitative estimate of drug-likeness (QED) is 0.793. The van der Waals surface area contributed by atoms with Crippen molar-refractivity contribution in [3.05, 3.63) is 59.7 Å². The molecule has 2 aliphatic rings. The Bertz CT molecular complexity index is 759. The van der Waals surface area contributed by atoms with Crippen LogP contribution in [-0.2, 0) is 0 Å². The Hall–Kier alpha value is -1.91. The number of nitrogens with one attached hydrogen (secondary N) is 1. The Morgan fingerprint density at radius 2 is 1.96 bits per heavy atom. The van der Waals surface area contributed by atoms with Crippen LogP contribution in [0.5, 0.6) is 0 Å². The molecule has 0 radical (unpaired) electrons. The highest BCUT2D eigenvalue weighted by atomic mass is 32.1. The fraction of sp³-hybridized carbons (Fsp3) is 0.350. The van der Waals surface area contributed by atoms with Crippen molar-refractivity contribution in [3.63, 3.8) is 0 Å². The number of piperidine rings is 1. The smallest absolute Gasteiger partial charge is 0.178 e. The number of para-hydroxylation sites is 1. The third kappa shape index (κ3) is 2.70. The average Bonchev–Trinajstić information content (AvgIpc) is 2.89. The van der Waals surface area contributed by atoms with E-state index in [0.29, 0.717) is 12.0 Å². The van der Waals surface area contributed by atoms with Gasteiger partial charge in [0.1, 0.15) is 0 Å². The van der Waals surface area contributed by atoms with Crippen molar-refractivity contribution in [1.29, 1.82) is 0 Å². The molecule has 1 fully saturated rings. The van der Waals surface area contributed by atoms with Crippen molar-refractivity contribution in [2.75, 3.05) is 30.4 Å². The Kier molecular flexibility index (Phi) is 4.02. The summed E-state index contributed by atoms with van der Waals surface area (Å²) >= 11 is 5.80. The van der Waals surface area contributed by atoms with Crippen molar-refractivity contribution in [1.82, 2.24) is 4.90 Å². The van der Waals surface area contributed by atoms with Crippen molar-refractivity contribution >= 4 is 28.7 Å². The summed E-state index contributed by atoms with van der Waals surface area (Å²) < 4.78 is 0. The van der Waals surface area contributed by atoms with E-state index in [9.17, 15) is 0 Å². The summed E-state index contributed by atoms with van der Waals surface area (Å²) in [6.45, 7) is 4.40. The Morgan fingerprint density at radius 1 is 1.17 bits per heavy atom. The molecule has 4 rings (SSSR count). The van der Waals surface area contributed by atoms with Gasteiger partial charge in [-0.05, 0) is 62.9 Å². The van der Waals surface area contributed by atoms with Gasteiger partial charge in [-0.25, -0.2) is 0 Å². The van der Waals surface area contributed by atoms with Crippen LogP contribution in [0.1, 0.15) is 23.5 Å². The van der Waals surface area contributed by atoms with Crippen LogP contribution >= 0.6 is 12.2 Å². The minimum absolute atomic E-state index is 0.460. The van der Waals surface area contributed by atoms with Gasteiger partial charge in [-0.3, -0.25) is 0 Å². The first-order chi connectivity index (χ1) is 11.6. The summed E-state index contributed by atoms with van der Waals surface area (Å²) in [4.78, 5) is 4.79. The number of likely N-dealkylation sites (tertiary alicyclic amines) is 1. The lowest BCUT2D eigenvalue weighted by Crippen LogP contribution is -2.48. The van der Waals surface area contributed by atoms with E-state index in [1.807, 2.05) is 18.2 Å². The standard InChI is InChI=1S/C20H23N3S/c1-14-8-9-18-16(12-14)17-13-22(2)11-10-19(17)23(18)20(24)21-15-6-4-3-5-7-15/h3-9,12,17,19H,10-11,13H2,1-2H3,(H,21,24)/t17-,19+/m0/s1. The van der Waals surface area contributed by atoms with E-state index in [2.05, 4.69) is 59.4 Å². The number of fused-ring (bicyclic) bond motifs is 3. The van der Waals surface area contributed by atoms with Crippen LogP contribution in [0.2, 0.25) is 0 Å². The molecular weight excluding hydrogens is 314 g/mol. The third-order valence-electron chi connectivity index (χ3n) is 5.20. The van der Waals surface area contributed by atoms with Crippen LogP contribution in [0.15, 0.2) is 48.5 Å². The van der Waals surface area contributed by atoms with Gasteiger partial charge in [-0.1, -0.05) is 35.9 Å². The fourth-order valence-electron chi connectivity index (χ4n) is 4.05. The molecule has 2 atom stereocenters. The summed E-state index contributed by atoms with van der Waals surface area (Å²) in [6.07, 6.45) is 1.14. The van der Waals surface area contributed by atoms with Crippen LogP contribution in [-0.4, -0.2) is 36.2 Å². The highest BCUT2D eigenvalue weighted by Gasteiger charge is 2.42. The lowest BCUT2D eigenvalue weighted by atomic mass is 9.89. The van der Waals surface area contributed by atoms with Gasteiger partial charge in [0, 0.05) is 29.9 Å². The van der Waals surface area contributed by atoms with E-state index in [1.54, 1.807) is 0 Å². The number of anilines is 2. The van der Waals surface area contributed by atoms with Gasteiger partial charge in [0.25, 0.3) is 0 Å². The van der Waals surface area contributed by atoms with Gasteiger partial charge in [-0.2, -0.15) is 0 Å². The summed E-state index contributed by atoms with van der Waals surface area (Å²) in [7, 11) is 2.22. The number of rotatable bonds is 1. The fourth-order valence-corrected chi connectivity index (χ4v) is 4.40. The maximum Gasteiger partial charge on any atom is 0.178 e. The monoisotopic (exact) mass is 337 g/mol. The number of likely N-dealkylation sites (N-methyl/N-ethyl adjacent to an activating group) is 1. The largest absolute Gasteiger partial charge is 0.332 e. The molecule has 2 aromatic carbocycles. The zero-order valence-electron chi connectivity index (χ0n) is 14.2. The Labute approximate surface area is 149 Å². The summed E-state index contributed by atoms with van der Waals surface area (Å²) in [6, 6.07) is 17.4. The van der Waals surface area contributed by atoms with Gasteiger partial charge in [0.05, 0.1) is 0 Å². The van der Waals surface area contributed by atoms with Gasteiger partial charge < -0.3 is 15.1 Å². The first-order valence-corrected chi connectivity index (χ1v) is 8.98. The topological polar surface area (TPSA) is 18.5 Å². The second-order valence-electron chi connectivity index (χ2n) is 6.95.